The number of anilines is 1. The zero-order valence-corrected chi connectivity index (χ0v) is 14.3. The van der Waals surface area contributed by atoms with E-state index in [0.29, 0.717) is 0 Å². The monoisotopic (exact) mass is 444 g/mol. The molecule has 0 aromatic heterocycles. The summed E-state index contributed by atoms with van der Waals surface area (Å²) >= 11 is 7.44. The number of hydrogen-bond donors (Lipinski definition) is 2. The van der Waals surface area contributed by atoms with Crippen molar-refractivity contribution in [3.8, 4) is 11.5 Å². The molecule has 0 saturated carbocycles. The van der Waals surface area contributed by atoms with Crippen LogP contribution >= 0.6 is 28.1 Å². The lowest BCUT2D eigenvalue weighted by Gasteiger charge is -2.16. The van der Waals surface area contributed by atoms with Gasteiger partial charge in [0.2, 0.25) is 0 Å². The van der Waals surface area contributed by atoms with Crippen LogP contribution in [0.5, 0.6) is 11.5 Å². The van der Waals surface area contributed by atoms with Crippen molar-refractivity contribution in [3.63, 3.8) is 0 Å². The number of halogens is 7. The van der Waals surface area contributed by atoms with Crippen LogP contribution in [0.3, 0.4) is 0 Å². The highest BCUT2D eigenvalue weighted by Crippen LogP contribution is 2.41. The molecular weight excluding hydrogens is 438 g/mol. The minimum atomic E-state index is -4.95. The van der Waals surface area contributed by atoms with Gasteiger partial charge in [-0.1, -0.05) is 0 Å². The molecule has 0 saturated heterocycles. The molecule has 0 spiro atoms. The van der Waals surface area contributed by atoms with Gasteiger partial charge < -0.3 is 15.8 Å². The number of benzene rings is 2. The maximum absolute atomic E-state index is 13.9. The predicted molar refractivity (Wildman–Crippen MR) is 85.9 cm³/mol. The van der Waals surface area contributed by atoms with Gasteiger partial charge in [0.1, 0.15) is 5.82 Å². The number of nitrogens with one attached hydrogen (secondary N) is 1. The van der Waals surface area contributed by atoms with E-state index in [4.69, 9.17) is 10.5 Å². The molecule has 0 amide bonds. The second kappa shape index (κ2) is 7.08. The first-order chi connectivity index (χ1) is 11.5. The fraction of sp³-hybridized carbons (Fsp3) is 0.0714. The van der Waals surface area contributed by atoms with Crippen molar-refractivity contribution in [3.05, 3.63) is 51.8 Å². The third kappa shape index (κ3) is 4.34. The Balaban J connectivity index is 2.53. The van der Waals surface area contributed by atoms with Crippen LogP contribution in [0.2, 0.25) is 0 Å². The van der Waals surface area contributed by atoms with Gasteiger partial charge in [-0.3, -0.25) is 0 Å². The second-order valence-electron chi connectivity index (χ2n) is 4.60. The molecule has 0 fully saturated rings. The zero-order valence-electron chi connectivity index (χ0n) is 11.8. The first kappa shape index (κ1) is 19.3. The Hall–Kier alpha value is -2.01. The quantitative estimate of drug-likeness (QED) is 0.495. The van der Waals surface area contributed by atoms with E-state index in [9.17, 15) is 26.3 Å². The van der Waals surface area contributed by atoms with Gasteiger partial charge in [0.25, 0.3) is 0 Å². The summed E-state index contributed by atoms with van der Waals surface area (Å²) in [5, 5.41) is 2.15. The Morgan fingerprint density at radius 1 is 1.04 bits per heavy atom. The molecule has 3 N–H and O–H groups in total. The lowest BCUT2D eigenvalue weighted by Crippen LogP contribution is -2.19. The summed E-state index contributed by atoms with van der Waals surface area (Å²) < 4.78 is 83.8. The zero-order chi connectivity index (χ0) is 18.9. The van der Waals surface area contributed by atoms with Gasteiger partial charge >= 0.3 is 6.18 Å². The van der Waals surface area contributed by atoms with E-state index >= 15 is 0 Å². The number of ether oxygens (including phenoxy) is 1. The van der Waals surface area contributed by atoms with Crippen molar-refractivity contribution in [2.45, 2.75) is 6.18 Å². The van der Waals surface area contributed by atoms with E-state index in [0.717, 1.165) is 12.1 Å². The third-order valence-electron chi connectivity index (χ3n) is 2.84. The van der Waals surface area contributed by atoms with Crippen LogP contribution in [-0.4, -0.2) is 5.11 Å². The smallest absolute Gasteiger partial charge is 0.416 e. The standard InChI is InChI=1S/C14H7BrF6N2OS/c15-10-6(16)1-2-9(23-13(22)25)12(10)24-11-7(17)3-5(4-8(11)18)14(19,20)21/h1-4H,(H3,22,23,25). The Labute approximate surface area is 150 Å². The summed E-state index contributed by atoms with van der Waals surface area (Å²) in [5.41, 5.74) is 3.70. The van der Waals surface area contributed by atoms with Crippen molar-refractivity contribution in [1.29, 1.82) is 0 Å². The molecular formula is C14H7BrF6N2OS. The van der Waals surface area contributed by atoms with Crippen LogP contribution in [-0.2, 0) is 6.18 Å². The Bertz CT molecular complexity index is 820. The van der Waals surface area contributed by atoms with Crippen molar-refractivity contribution in [1.82, 2.24) is 0 Å². The molecule has 0 heterocycles. The van der Waals surface area contributed by atoms with Crippen LogP contribution in [0, 0.1) is 17.5 Å². The predicted octanol–water partition coefficient (Wildman–Crippen LogP) is 5.33. The molecule has 0 aliphatic heterocycles. The highest BCUT2D eigenvalue weighted by Gasteiger charge is 2.33. The van der Waals surface area contributed by atoms with E-state index in [1.54, 1.807) is 0 Å². The minimum Gasteiger partial charge on any atom is -0.448 e. The van der Waals surface area contributed by atoms with E-state index in [2.05, 4.69) is 33.5 Å². The van der Waals surface area contributed by atoms with E-state index in [-0.39, 0.29) is 27.4 Å². The lowest BCUT2D eigenvalue weighted by atomic mass is 10.2. The highest BCUT2D eigenvalue weighted by atomic mass is 79.9. The maximum Gasteiger partial charge on any atom is 0.416 e. The molecule has 2 aromatic carbocycles. The van der Waals surface area contributed by atoms with Gasteiger partial charge in [-0.05, 0) is 52.4 Å². The Morgan fingerprint density at radius 3 is 2.08 bits per heavy atom. The molecule has 0 radical (unpaired) electrons. The summed E-state index contributed by atoms with van der Waals surface area (Å²) in [5.74, 6) is -5.69. The molecule has 3 nitrogen and oxygen atoms in total. The van der Waals surface area contributed by atoms with Crippen molar-refractivity contribution >= 4 is 38.9 Å². The van der Waals surface area contributed by atoms with E-state index in [1.807, 2.05) is 0 Å². The maximum atomic E-state index is 13.9. The molecule has 0 unspecified atom stereocenters. The topological polar surface area (TPSA) is 47.3 Å². The van der Waals surface area contributed by atoms with Gasteiger partial charge in [-0.25, -0.2) is 13.2 Å². The van der Waals surface area contributed by atoms with Crippen molar-refractivity contribution in [2.24, 2.45) is 5.73 Å². The molecule has 0 aliphatic carbocycles. The highest BCUT2D eigenvalue weighted by molar-refractivity contribution is 9.10. The molecule has 2 aromatic rings. The summed E-state index contributed by atoms with van der Waals surface area (Å²) in [6.07, 6.45) is -4.95. The average Bonchev–Trinajstić information content (AvgIpc) is 2.47. The van der Waals surface area contributed by atoms with Crippen molar-refractivity contribution < 1.29 is 31.1 Å². The first-order valence-electron chi connectivity index (χ1n) is 6.29. The van der Waals surface area contributed by atoms with E-state index in [1.165, 1.54) is 0 Å². The van der Waals surface area contributed by atoms with Gasteiger partial charge in [-0.2, -0.15) is 13.2 Å². The number of hydrogen-bond acceptors (Lipinski definition) is 2. The van der Waals surface area contributed by atoms with E-state index < -0.39 is 40.7 Å². The van der Waals surface area contributed by atoms with Gasteiger partial charge in [0, 0.05) is 0 Å². The normalized spacial score (nSPS) is 11.3. The van der Waals surface area contributed by atoms with Crippen LogP contribution in [0.1, 0.15) is 5.56 Å². The number of thiocarbonyl (C=S) groups is 1. The van der Waals surface area contributed by atoms with Crippen LogP contribution in [0.15, 0.2) is 28.7 Å². The molecule has 134 valence electrons. The molecule has 0 bridgehead atoms. The number of nitrogens with two attached hydrogens (primary N) is 1. The molecule has 0 aliphatic rings. The number of rotatable bonds is 3. The summed E-state index contributed by atoms with van der Waals surface area (Å²) in [6.45, 7) is 0. The third-order valence-corrected chi connectivity index (χ3v) is 3.68. The minimum absolute atomic E-state index is 0.0560. The SMILES string of the molecule is NC(=S)Nc1ccc(F)c(Br)c1Oc1c(F)cc(C(F)(F)F)cc1F. The first-order valence-corrected chi connectivity index (χ1v) is 7.49. The van der Waals surface area contributed by atoms with Gasteiger partial charge in [0.05, 0.1) is 15.7 Å². The number of alkyl halides is 3. The van der Waals surface area contributed by atoms with Gasteiger partial charge in [0.15, 0.2) is 28.2 Å². The molecule has 11 heteroatoms. The fourth-order valence-electron chi connectivity index (χ4n) is 1.79. The summed E-state index contributed by atoms with van der Waals surface area (Å²) in [6, 6.07) is 2.23. The largest absolute Gasteiger partial charge is 0.448 e. The molecule has 2 rings (SSSR count). The van der Waals surface area contributed by atoms with Crippen molar-refractivity contribution in [2.75, 3.05) is 5.32 Å². The second-order valence-corrected chi connectivity index (χ2v) is 5.83. The van der Waals surface area contributed by atoms with Crippen LogP contribution < -0.4 is 15.8 Å². The van der Waals surface area contributed by atoms with Gasteiger partial charge in [-0.15, -0.1) is 0 Å². The Kier molecular flexibility index (Phi) is 5.47. The molecule has 25 heavy (non-hydrogen) atoms. The van der Waals surface area contributed by atoms with Crippen LogP contribution in [0.4, 0.5) is 32.0 Å². The Morgan fingerprint density at radius 2 is 1.60 bits per heavy atom. The average molecular weight is 445 g/mol. The van der Waals surface area contributed by atoms with Crippen LogP contribution in [0.25, 0.3) is 0 Å². The molecule has 0 atom stereocenters. The lowest BCUT2D eigenvalue weighted by molar-refractivity contribution is -0.138. The summed E-state index contributed by atoms with van der Waals surface area (Å²) in [4.78, 5) is 0. The fourth-order valence-corrected chi connectivity index (χ4v) is 2.32. The summed E-state index contributed by atoms with van der Waals surface area (Å²) in [7, 11) is 0.